The van der Waals surface area contributed by atoms with Crippen molar-refractivity contribution in [2.45, 2.75) is 0 Å². The van der Waals surface area contributed by atoms with Crippen LogP contribution >= 0.6 is 22.6 Å². The molecule has 0 spiro atoms. The summed E-state index contributed by atoms with van der Waals surface area (Å²) in [6, 6.07) is 10.1. The Hall–Kier alpha value is -1.83. The Kier molecular flexibility index (Phi) is 3.66. The molecule has 1 heterocycles. The molecular weight excluding hydrogens is 347 g/mol. The lowest BCUT2D eigenvalue weighted by atomic mass is 10.3. The van der Waals surface area contributed by atoms with Crippen molar-refractivity contribution in [2.75, 3.05) is 5.73 Å². The molecule has 1 aromatic heterocycles. The lowest BCUT2D eigenvalue weighted by Crippen LogP contribution is -2.03. The molecule has 6 heteroatoms. The number of aromatic nitrogens is 1. The number of pyridine rings is 1. The number of carboxylic acid groups (broad SMARTS) is 1. The van der Waals surface area contributed by atoms with E-state index in [1.165, 1.54) is 12.1 Å². The molecule has 2 aromatic rings. The number of carbonyl (C=O) groups is 1. The lowest BCUT2D eigenvalue weighted by molar-refractivity contribution is 0.0689. The van der Waals surface area contributed by atoms with Crippen LogP contribution in [0.25, 0.3) is 0 Å². The minimum Gasteiger partial charge on any atom is -0.477 e. The highest BCUT2D eigenvalue weighted by molar-refractivity contribution is 14.1. The van der Waals surface area contributed by atoms with Crippen LogP contribution in [0.15, 0.2) is 36.4 Å². The van der Waals surface area contributed by atoms with Crippen molar-refractivity contribution < 1.29 is 14.6 Å². The normalized spacial score (nSPS) is 10.1. The molecule has 18 heavy (non-hydrogen) atoms. The summed E-state index contributed by atoms with van der Waals surface area (Å²) in [6.45, 7) is 0. The summed E-state index contributed by atoms with van der Waals surface area (Å²) >= 11 is 2.15. The first-order chi connectivity index (χ1) is 8.56. The van der Waals surface area contributed by atoms with Crippen LogP contribution in [0.2, 0.25) is 0 Å². The molecule has 0 atom stereocenters. The molecule has 0 bridgehead atoms. The van der Waals surface area contributed by atoms with Gasteiger partial charge in [0.2, 0.25) is 5.88 Å². The standard InChI is InChI=1S/C12H9IN2O3/c13-7-2-1-3-8(6-7)18-11-9(14)4-5-10(15-11)12(16)17/h1-6H,14H2,(H,16,17). The van der Waals surface area contributed by atoms with E-state index in [4.69, 9.17) is 15.6 Å². The van der Waals surface area contributed by atoms with Gasteiger partial charge in [-0.3, -0.25) is 0 Å². The van der Waals surface area contributed by atoms with Crippen LogP contribution in [-0.2, 0) is 0 Å². The molecule has 0 amide bonds. The Labute approximate surface area is 117 Å². The summed E-state index contributed by atoms with van der Waals surface area (Å²) in [4.78, 5) is 14.7. The maximum Gasteiger partial charge on any atom is 0.354 e. The highest BCUT2D eigenvalue weighted by Crippen LogP contribution is 2.26. The molecule has 92 valence electrons. The van der Waals surface area contributed by atoms with Crippen molar-refractivity contribution in [3.8, 4) is 11.6 Å². The van der Waals surface area contributed by atoms with Gasteiger partial charge in [-0.05, 0) is 52.9 Å². The van der Waals surface area contributed by atoms with Gasteiger partial charge in [0.1, 0.15) is 5.75 Å². The Bertz CT molecular complexity index is 602. The summed E-state index contributed by atoms with van der Waals surface area (Å²) in [5.74, 6) is -0.469. The summed E-state index contributed by atoms with van der Waals surface area (Å²) in [6.07, 6.45) is 0. The highest BCUT2D eigenvalue weighted by Gasteiger charge is 2.10. The zero-order chi connectivity index (χ0) is 13.1. The van der Waals surface area contributed by atoms with Gasteiger partial charge in [0.25, 0.3) is 0 Å². The number of rotatable bonds is 3. The van der Waals surface area contributed by atoms with E-state index < -0.39 is 5.97 Å². The van der Waals surface area contributed by atoms with E-state index in [0.29, 0.717) is 11.4 Å². The van der Waals surface area contributed by atoms with Gasteiger partial charge in [-0.1, -0.05) is 6.07 Å². The Morgan fingerprint density at radius 1 is 1.33 bits per heavy atom. The largest absolute Gasteiger partial charge is 0.477 e. The Morgan fingerprint density at radius 3 is 2.78 bits per heavy atom. The van der Waals surface area contributed by atoms with E-state index >= 15 is 0 Å². The summed E-state index contributed by atoms with van der Waals surface area (Å²) < 4.78 is 6.47. The quantitative estimate of drug-likeness (QED) is 0.826. The van der Waals surface area contributed by atoms with E-state index in [2.05, 4.69) is 27.6 Å². The molecule has 1 aromatic carbocycles. The maximum atomic E-state index is 10.8. The zero-order valence-electron chi connectivity index (χ0n) is 9.13. The van der Waals surface area contributed by atoms with Crippen molar-refractivity contribution >= 4 is 34.2 Å². The molecule has 0 saturated carbocycles. The van der Waals surface area contributed by atoms with Crippen LogP contribution in [0, 0.1) is 3.57 Å². The van der Waals surface area contributed by atoms with Crippen molar-refractivity contribution in [2.24, 2.45) is 0 Å². The van der Waals surface area contributed by atoms with Gasteiger partial charge >= 0.3 is 5.97 Å². The van der Waals surface area contributed by atoms with Crippen LogP contribution in [-0.4, -0.2) is 16.1 Å². The molecule has 0 aliphatic carbocycles. The fourth-order valence-corrected chi connectivity index (χ4v) is 1.81. The number of anilines is 1. The average Bonchev–Trinajstić information content (AvgIpc) is 2.31. The number of nitrogens with zero attached hydrogens (tertiary/aromatic N) is 1. The molecule has 0 radical (unpaired) electrons. The predicted molar refractivity (Wildman–Crippen MR) is 74.8 cm³/mol. The average molecular weight is 356 g/mol. The van der Waals surface area contributed by atoms with E-state index in [1.54, 1.807) is 12.1 Å². The second-order valence-electron chi connectivity index (χ2n) is 3.46. The van der Waals surface area contributed by atoms with Crippen molar-refractivity contribution in [1.82, 2.24) is 4.98 Å². The van der Waals surface area contributed by atoms with Gasteiger partial charge in [0.15, 0.2) is 5.69 Å². The third-order valence-corrected chi connectivity index (χ3v) is 2.79. The van der Waals surface area contributed by atoms with Gasteiger partial charge < -0.3 is 15.6 Å². The smallest absolute Gasteiger partial charge is 0.354 e. The van der Waals surface area contributed by atoms with Gasteiger partial charge in [0, 0.05) is 3.57 Å². The summed E-state index contributed by atoms with van der Waals surface area (Å²) in [7, 11) is 0. The van der Waals surface area contributed by atoms with Gasteiger partial charge in [-0.2, -0.15) is 0 Å². The molecular formula is C12H9IN2O3. The molecule has 0 saturated heterocycles. The van der Waals surface area contributed by atoms with E-state index in [9.17, 15) is 4.79 Å². The number of nitrogen functional groups attached to an aromatic ring is 1. The van der Waals surface area contributed by atoms with Crippen LogP contribution in [0.5, 0.6) is 11.6 Å². The van der Waals surface area contributed by atoms with Gasteiger partial charge in [-0.25, -0.2) is 9.78 Å². The number of aromatic carboxylic acids is 1. The maximum absolute atomic E-state index is 10.8. The number of benzene rings is 1. The molecule has 2 rings (SSSR count). The third-order valence-electron chi connectivity index (χ3n) is 2.12. The van der Waals surface area contributed by atoms with Crippen LogP contribution in [0.4, 0.5) is 5.69 Å². The third kappa shape index (κ3) is 2.89. The minimum atomic E-state index is -1.12. The van der Waals surface area contributed by atoms with E-state index in [0.717, 1.165) is 3.57 Å². The molecule has 5 nitrogen and oxygen atoms in total. The van der Waals surface area contributed by atoms with Gasteiger partial charge in [-0.15, -0.1) is 0 Å². The second-order valence-corrected chi connectivity index (χ2v) is 4.70. The number of hydrogen-bond donors (Lipinski definition) is 2. The fraction of sp³-hybridized carbons (Fsp3) is 0. The van der Waals surface area contributed by atoms with E-state index in [-0.39, 0.29) is 11.6 Å². The second kappa shape index (κ2) is 5.21. The number of halogens is 1. The van der Waals surface area contributed by atoms with Crippen LogP contribution in [0.3, 0.4) is 0 Å². The first kappa shape index (κ1) is 12.6. The number of ether oxygens (including phenoxy) is 1. The van der Waals surface area contributed by atoms with Crippen LogP contribution in [0.1, 0.15) is 10.5 Å². The van der Waals surface area contributed by atoms with Crippen LogP contribution < -0.4 is 10.5 Å². The topological polar surface area (TPSA) is 85.4 Å². The first-order valence-electron chi connectivity index (χ1n) is 4.99. The lowest BCUT2D eigenvalue weighted by Gasteiger charge is -2.08. The number of hydrogen-bond acceptors (Lipinski definition) is 4. The molecule has 3 N–H and O–H groups in total. The number of carboxylic acids is 1. The molecule has 0 fully saturated rings. The molecule has 0 unspecified atom stereocenters. The van der Waals surface area contributed by atoms with Crippen molar-refractivity contribution in [3.05, 3.63) is 45.7 Å². The van der Waals surface area contributed by atoms with Gasteiger partial charge in [0.05, 0.1) is 5.69 Å². The van der Waals surface area contributed by atoms with Crippen molar-refractivity contribution in [1.29, 1.82) is 0 Å². The Balaban J connectivity index is 2.33. The zero-order valence-corrected chi connectivity index (χ0v) is 11.3. The minimum absolute atomic E-state index is 0.0944. The summed E-state index contributed by atoms with van der Waals surface area (Å²) in [5, 5.41) is 8.85. The molecule has 0 aliphatic heterocycles. The monoisotopic (exact) mass is 356 g/mol. The first-order valence-corrected chi connectivity index (χ1v) is 6.07. The highest BCUT2D eigenvalue weighted by atomic mass is 127. The fourth-order valence-electron chi connectivity index (χ4n) is 1.29. The number of nitrogens with two attached hydrogens (primary N) is 1. The van der Waals surface area contributed by atoms with E-state index in [1.807, 2.05) is 12.1 Å². The molecule has 0 aliphatic rings. The Morgan fingerprint density at radius 2 is 2.11 bits per heavy atom. The van der Waals surface area contributed by atoms with Crippen molar-refractivity contribution in [3.63, 3.8) is 0 Å². The SMILES string of the molecule is Nc1ccc(C(=O)O)nc1Oc1cccc(I)c1. The predicted octanol–water partition coefficient (Wildman–Crippen LogP) is 2.76. The summed E-state index contributed by atoms with van der Waals surface area (Å²) in [5.41, 5.74) is 5.88.